The van der Waals surface area contributed by atoms with Crippen molar-refractivity contribution in [3.63, 3.8) is 0 Å². The van der Waals surface area contributed by atoms with Crippen molar-refractivity contribution >= 4 is 12.0 Å². The van der Waals surface area contributed by atoms with Crippen LogP contribution in [-0.4, -0.2) is 17.7 Å². The quantitative estimate of drug-likeness (QED) is 0.820. The molecule has 22 heavy (non-hydrogen) atoms. The number of aliphatic hydroxyl groups is 1. The first-order chi connectivity index (χ1) is 10.7. The molecule has 1 N–H and O–H groups in total. The van der Waals surface area contributed by atoms with Crippen LogP contribution in [-0.2, 0) is 4.74 Å². The van der Waals surface area contributed by atoms with Crippen molar-refractivity contribution < 1.29 is 14.6 Å². The van der Waals surface area contributed by atoms with E-state index in [9.17, 15) is 9.90 Å². The second-order valence-corrected chi connectivity index (χ2v) is 4.91. The van der Waals surface area contributed by atoms with E-state index in [0.29, 0.717) is 18.6 Å². The van der Waals surface area contributed by atoms with Crippen LogP contribution in [0, 0.1) is 0 Å². The van der Waals surface area contributed by atoms with E-state index in [0.717, 1.165) is 11.1 Å². The van der Waals surface area contributed by atoms with Gasteiger partial charge < -0.3 is 9.84 Å². The molecule has 0 aromatic heterocycles. The van der Waals surface area contributed by atoms with Crippen molar-refractivity contribution in [2.24, 2.45) is 0 Å². The van der Waals surface area contributed by atoms with Crippen molar-refractivity contribution in [2.75, 3.05) is 6.61 Å². The molecule has 1 atom stereocenters. The number of aliphatic hydroxyl groups excluding tert-OH is 1. The summed E-state index contributed by atoms with van der Waals surface area (Å²) in [5, 5.41) is 10.1. The summed E-state index contributed by atoms with van der Waals surface area (Å²) in [6.07, 6.45) is 3.80. The van der Waals surface area contributed by atoms with Crippen LogP contribution in [0.1, 0.15) is 40.9 Å². The third-order valence-electron chi connectivity index (χ3n) is 3.25. The summed E-state index contributed by atoms with van der Waals surface area (Å²) >= 11 is 0. The Balaban J connectivity index is 1.98. The van der Waals surface area contributed by atoms with Crippen molar-refractivity contribution in [2.45, 2.75) is 19.4 Å². The molecule has 1 unspecified atom stereocenters. The van der Waals surface area contributed by atoms with Crippen molar-refractivity contribution in [1.82, 2.24) is 0 Å². The minimum Gasteiger partial charge on any atom is -0.462 e. The Morgan fingerprint density at radius 1 is 1.18 bits per heavy atom. The van der Waals surface area contributed by atoms with Gasteiger partial charge in [-0.1, -0.05) is 54.6 Å². The lowest BCUT2D eigenvalue weighted by Gasteiger charge is -2.07. The lowest BCUT2D eigenvalue weighted by Crippen LogP contribution is -2.04. The zero-order valence-electron chi connectivity index (χ0n) is 12.6. The Kier molecular flexibility index (Phi) is 5.92. The van der Waals surface area contributed by atoms with Crippen LogP contribution < -0.4 is 0 Å². The number of carbonyl (C=O) groups excluding carboxylic acids is 1. The Morgan fingerprint density at radius 3 is 2.68 bits per heavy atom. The molecule has 0 saturated heterocycles. The van der Waals surface area contributed by atoms with Crippen LogP contribution in [0.2, 0.25) is 0 Å². The zero-order chi connectivity index (χ0) is 15.8. The highest BCUT2D eigenvalue weighted by molar-refractivity contribution is 5.90. The van der Waals surface area contributed by atoms with E-state index in [1.54, 1.807) is 19.1 Å². The highest BCUT2D eigenvalue weighted by Gasteiger charge is 2.06. The van der Waals surface area contributed by atoms with Gasteiger partial charge >= 0.3 is 5.97 Å². The van der Waals surface area contributed by atoms with E-state index in [2.05, 4.69) is 0 Å². The summed E-state index contributed by atoms with van der Waals surface area (Å²) in [5.74, 6) is -0.318. The number of benzene rings is 2. The maximum atomic E-state index is 11.7. The Morgan fingerprint density at radius 2 is 1.95 bits per heavy atom. The van der Waals surface area contributed by atoms with Gasteiger partial charge in [-0.05, 0) is 36.6 Å². The van der Waals surface area contributed by atoms with Gasteiger partial charge in [-0.3, -0.25) is 0 Å². The largest absolute Gasteiger partial charge is 0.462 e. The molecular weight excluding hydrogens is 276 g/mol. The molecule has 0 radical (unpaired) electrons. The van der Waals surface area contributed by atoms with E-state index >= 15 is 0 Å². The third-order valence-corrected chi connectivity index (χ3v) is 3.25. The van der Waals surface area contributed by atoms with Gasteiger partial charge in [0.05, 0.1) is 18.3 Å². The highest BCUT2D eigenvalue weighted by atomic mass is 16.5. The maximum absolute atomic E-state index is 11.7. The average Bonchev–Trinajstić information content (AvgIpc) is 2.56. The number of esters is 1. The smallest absolute Gasteiger partial charge is 0.338 e. The van der Waals surface area contributed by atoms with Gasteiger partial charge in [-0.25, -0.2) is 4.79 Å². The van der Waals surface area contributed by atoms with Crippen molar-refractivity contribution in [1.29, 1.82) is 0 Å². The number of ether oxygens (including phenoxy) is 1. The predicted molar refractivity (Wildman–Crippen MR) is 87.5 cm³/mol. The molecule has 0 saturated carbocycles. The van der Waals surface area contributed by atoms with Crippen LogP contribution in [0.25, 0.3) is 6.08 Å². The molecule has 3 nitrogen and oxygen atoms in total. The zero-order valence-corrected chi connectivity index (χ0v) is 12.6. The molecule has 3 heteroatoms. The lowest BCUT2D eigenvalue weighted by molar-refractivity contribution is 0.0526. The fourth-order valence-corrected chi connectivity index (χ4v) is 2.13. The first-order valence-corrected chi connectivity index (χ1v) is 7.37. The molecule has 0 fully saturated rings. The van der Waals surface area contributed by atoms with Gasteiger partial charge in [0.2, 0.25) is 0 Å². The minimum atomic E-state index is -0.523. The Bertz CT molecular complexity index is 632. The molecule has 0 aliphatic heterocycles. The van der Waals surface area contributed by atoms with Crippen molar-refractivity contribution in [3.8, 4) is 0 Å². The summed E-state index contributed by atoms with van der Waals surface area (Å²) < 4.78 is 4.98. The van der Waals surface area contributed by atoms with Gasteiger partial charge in [0.1, 0.15) is 0 Å². The molecule has 0 aliphatic carbocycles. The fourth-order valence-electron chi connectivity index (χ4n) is 2.13. The van der Waals surface area contributed by atoms with Crippen LogP contribution >= 0.6 is 0 Å². The maximum Gasteiger partial charge on any atom is 0.338 e. The second-order valence-electron chi connectivity index (χ2n) is 4.91. The molecule has 2 rings (SSSR count). The van der Waals surface area contributed by atoms with E-state index < -0.39 is 6.10 Å². The van der Waals surface area contributed by atoms with E-state index in [1.165, 1.54) is 0 Å². The molecule has 0 aliphatic rings. The monoisotopic (exact) mass is 296 g/mol. The molecular formula is C19H20O3. The summed E-state index contributed by atoms with van der Waals surface area (Å²) in [6.45, 7) is 2.15. The topological polar surface area (TPSA) is 46.5 Å². The summed E-state index contributed by atoms with van der Waals surface area (Å²) in [5.41, 5.74) is 2.34. The van der Waals surface area contributed by atoms with E-state index in [4.69, 9.17) is 4.74 Å². The van der Waals surface area contributed by atoms with Crippen molar-refractivity contribution in [3.05, 3.63) is 77.4 Å². The van der Waals surface area contributed by atoms with Crippen LogP contribution in [0.4, 0.5) is 0 Å². The molecule has 0 spiro atoms. The van der Waals surface area contributed by atoms with Crippen LogP contribution in [0.15, 0.2) is 60.7 Å². The molecule has 114 valence electrons. The predicted octanol–water partition coefficient (Wildman–Crippen LogP) is 4.00. The van der Waals surface area contributed by atoms with Gasteiger partial charge in [-0.15, -0.1) is 0 Å². The number of hydrogen-bond acceptors (Lipinski definition) is 3. The van der Waals surface area contributed by atoms with Gasteiger partial charge in [0, 0.05) is 0 Å². The van der Waals surface area contributed by atoms with E-state index in [1.807, 2.05) is 54.6 Å². The number of rotatable bonds is 6. The van der Waals surface area contributed by atoms with Crippen LogP contribution in [0.3, 0.4) is 0 Å². The standard InChI is InChI=1S/C19H20O3/c1-2-22-19(21)17-12-6-8-15(14-17)9-7-13-18(20)16-10-4-3-5-11-16/h3-12,14,18,20H,2,13H2,1H3/b9-7-. The first-order valence-electron chi connectivity index (χ1n) is 7.37. The summed E-state index contributed by atoms with van der Waals surface area (Å²) in [4.78, 5) is 11.7. The highest BCUT2D eigenvalue weighted by Crippen LogP contribution is 2.17. The Labute approximate surface area is 130 Å². The number of hydrogen-bond donors (Lipinski definition) is 1. The molecule has 0 amide bonds. The lowest BCUT2D eigenvalue weighted by atomic mass is 10.1. The average molecular weight is 296 g/mol. The molecule has 2 aromatic carbocycles. The second kappa shape index (κ2) is 8.15. The van der Waals surface area contributed by atoms with Gasteiger partial charge in [0.25, 0.3) is 0 Å². The van der Waals surface area contributed by atoms with Gasteiger partial charge in [-0.2, -0.15) is 0 Å². The minimum absolute atomic E-state index is 0.318. The summed E-state index contributed by atoms with van der Waals surface area (Å²) in [7, 11) is 0. The van der Waals surface area contributed by atoms with E-state index in [-0.39, 0.29) is 5.97 Å². The normalized spacial score (nSPS) is 12.3. The third kappa shape index (κ3) is 4.57. The van der Waals surface area contributed by atoms with Crippen LogP contribution in [0.5, 0.6) is 0 Å². The Hall–Kier alpha value is -2.39. The SMILES string of the molecule is CCOC(=O)c1cccc(/C=C\CC(O)c2ccccc2)c1. The fraction of sp³-hybridized carbons (Fsp3) is 0.211. The summed E-state index contributed by atoms with van der Waals surface area (Å²) in [6, 6.07) is 16.8. The number of carbonyl (C=O) groups is 1. The first kappa shape index (κ1) is 16.0. The van der Waals surface area contributed by atoms with Gasteiger partial charge in [0.15, 0.2) is 0 Å². The molecule has 0 bridgehead atoms. The molecule has 0 heterocycles. The molecule has 2 aromatic rings.